The van der Waals surface area contributed by atoms with E-state index in [1.54, 1.807) is 0 Å². The van der Waals surface area contributed by atoms with E-state index >= 15 is 0 Å². The summed E-state index contributed by atoms with van der Waals surface area (Å²) in [6, 6.07) is 0.505. The van der Waals surface area contributed by atoms with Crippen molar-refractivity contribution < 1.29 is 4.74 Å². The molecule has 4 heteroatoms. The summed E-state index contributed by atoms with van der Waals surface area (Å²) in [6.45, 7) is 9.40. The number of hydrogen-bond donors (Lipinski definition) is 1. The van der Waals surface area contributed by atoms with Crippen LogP contribution in [0.1, 0.15) is 27.2 Å². The molecule has 0 aliphatic carbocycles. The molecule has 0 radical (unpaired) electrons. The minimum atomic E-state index is 0.224. The summed E-state index contributed by atoms with van der Waals surface area (Å²) < 4.78 is 5.71. The first-order valence-corrected chi connectivity index (χ1v) is 7.32. The lowest BCUT2D eigenvalue weighted by molar-refractivity contribution is -0.0871. The Kier molecular flexibility index (Phi) is 3.84. The largest absolute Gasteiger partial charge is 0.376 e. The Labute approximate surface area is 103 Å². The lowest BCUT2D eigenvalue weighted by Crippen LogP contribution is -2.62. The molecule has 0 aromatic heterocycles. The summed E-state index contributed by atoms with van der Waals surface area (Å²) in [7, 11) is 0. The van der Waals surface area contributed by atoms with Crippen molar-refractivity contribution in [2.45, 2.75) is 50.1 Å². The molecular weight excluding hydrogens is 220 g/mol. The van der Waals surface area contributed by atoms with Crippen molar-refractivity contribution >= 4 is 11.8 Å². The van der Waals surface area contributed by atoms with E-state index in [1.165, 1.54) is 12.2 Å². The van der Waals surface area contributed by atoms with Gasteiger partial charge in [-0.1, -0.05) is 6.92 Å². The van der Waals surface area contributed by atoms with Gasteiger partial charge < -0.3 is 10.5 Å². The van der Waals surface area contributed by atoms with Gasteiger partial charge in [0.2, 0.25) is 0 Å². The number of thioether (sulfide) groups is 1. The first-order chi connectivity index (χ1) is 7.57. The van der Waals surface area contributed by atoms with Crippen LogP contribution in [-0.4, -0.2) is 53.3 Å². The van der Waals surface area contributed by atoms with Crippen molar-refractivity contribution in [1.82, 2.24) is 4.90 Å². The van der Waals surface area contributed by atoms with Crippen LogP contribution in [-0.2, 0) is 4.74 Å². The second-order valence-electron chi connectivity index (χ2n) is 5.40. The SMILES string of the molecule is CC1CN(C2(CN)CSC(C)C2)C(C)CO1. The highest BCUT2D eigenvalue weighted by molar-refractivity contribution is 8.00. The Balaban J connectivity index is 2.13. The van der Waals surface area contributed by atoms with Crippen LogP contribution in [0.4, 0.5) is 0 Å². The zero-order valence-corrected chi connectivity index (χ0v) is 11.4. The molecule has 2 heterocycles. The average molecular weight is 244 g/mol. The lowest BCUT2D eigenvalue weighted by Gasteiger charge is -2.48. The molecule has 4 atom stereocenters. The number of rotatable bonds is 2. The van der Waals surface area contributed by atoms with Crippen LogP contribution in [0.3, 0.4) is 0 Å². The molecule has 3 nitrogen and oxygen atoms in total. The van der Waals surface area contributed by atoms with Crippen LogP contribution < -0.4 is 5.73 Å². The minimum Gasteiger partial charge on any atom is -0.376 e. The normalized spacial score (nSPS) is 46.1. The van der Waals surface area contributed by atoms with Gasteiger partial charge in [0.1, 0.15) is 0 Å². The van der Waals surface area contributed by atoms with Gasteiger partial charge in [0.15, 0.2) is 0 Å². The van der Waals surface area contributed by atoms with Crippen molar-refractivity contribution in [3.63, 3.8) is 0 Å². The van der Waals surface area contributed by atoms with Crippen molar-refractivity contribution in [3.8, 4) is 0 Å². The van der Waals surface area contributed by atoms with Crippen molar-refractivity contribution in [3.05, 3.63) is 0 Å². The molecule has 0 spiro atoms. The van der Waals surface area contributed by atoms with Gasteiger partial charge in [-0.3, -0.25) is 4.90 Å². The molecule has 2 fully saturated rings. The molecule has 0 bridgehead atoms. The summed E-state index contributed by atoms with van der Waals surface area (Å²) in [4.78, 5) is 2.61. The Morgan fingerprint density at radius 3 is 2.75 bits per heavy atom. The molecule has 94 valence electrons. The Morgan fingerprint density at radius 1 is 1.44 bits per heavy atom. The van der Waals surface area contributed by atoms with Gasteiger partial charge in [0.05, 0.1) is 12.7 Å². The highest BCUT2D eigenvalue weighted by atomic mass is 32.2. The van der Waals surface area contributed by atoms with E-state index in [2.05, 4.69) is 37.4 Å². The first-order valence-electron chi connectivity index (χ1n) is 6.27. The smallest absolute Gasteiger partial charge is 0.0675 e. The lowest BCUT2D eigenvalue weighted by atomic mass is 9.91. The quantitative estimate of drug-likeness (QED) is 0.795. The van der Waals surface area contributed by atoms with Crippen LogP contribution in [0.2, 0.25) is 0 Å². The predicted octanol–water partition coefficient (Wildman–Crippen LogP) is 1.32. The fourth-order valence-electron chi connectivity index (χ4n) is 2.97. The zero-order valence-electron chi connectivity index (χ0n) is 10.6. The molecule has 0 saturated carbocycles. The maximum absolute atomic E-state index is 6.07. The second-order valence-corrected chi connectivity index (χ2v) is 6.83. The molecule has 2 rings (SSSR count). The van der Waals surface area contributed by atoms with Crippen molar-refractivity contribution in [2.75, 3.05) is 25.4 Å². The van der Waals surface area contributed by atoms with Gasteiger partial charge in [-0.05, 0) is 20.3 Å². The summed E-state index contributed by atoms with van der Waals surface area (Å²) in [6.07, 6.45) is 1.58. The number of ether oxygens (including phenoxy) is 1. The van der Waals surface area contributed by atoms with Crippen molar-refractivity contribution in [2.24, 2.45) is 5.73 Å². The van der Waals surface area contributed by atoms with E-state index in [-0.39, 0.29) is 5.54 Å². The van der Waals surface area contributed by atoms with E-state index < -0.39 is 0 Å². The summed E-state index contributed by atoms with van der Waals surface area (Å²) >= 11 is 2.06. The highest BCUT2D eigenvalue weighted by Gasteiger charge is 2.45. The summed E-state index contributed by atoms with van der Waals surface area (Å²) in [5.74, 6) is 1.18. The molecule has 0 aromatic rings. The minimum absolute atomic E-state index is 0.224. The van der Waals surface area contributed by atoms with Gasteiger partial charge in [-0.2, -0.15) is 11.8 Å². The molecule has 2 N–H and O–H groups in total. The van der Waals surface area contributed by atoms with Crippen LogP contribution in [0.5, 0.6) is 0 Å². The molecule has 2 aliphatic heterocycles. The molecule has 2 saturated heterocycles. The van der Waals surface area contributed by atoms with Crippen LogP contribution >= 0.6 is 11.8 Å². The molecule has 2 aliphatic rings. The van der Waals surface area contributed by atoms with Crippen molar-refractivity contribution in [1.29, 1.82) is 0 Å². The predicted molar refractivity (Wildman–Crippen MR) is 69.9 cm³/mol. The molecule has 0 amide bonds. The number of nitrogens with two attached hydrogens (primary N) is 1. The van der Waals surface area contributed by atoms with E-state index in [9.17, 15) is 0 Å². The summed E-state index contributed by atoms with van der Waals surface area (Å²) in [5, 5.41) is 0.744. The molecule has 4 unspecified atom stereocenters. The van der Waals surface area contributed by atoms with Crippen LogP contribution in [0.15, 0.2) is 0 Å². The third-order valence-corrected chi connectivity index (χ3v) is 5.34. The van der Waals surface area contributed by atoms with Crippen LogP contribution in [0, 0.1) is 0 Å². The summed E-state index contributed by atoms with van der Waals surface area (Å²) in [5.41, 5.74) is 6.30. The zero-order chi connectivity index (χ0) is 11.8. The van der Waals surface area contributed by atoms with E-state index in [0.717, 1.165) is 24.9 Å². The van der Waals surface area contributed by atoms with Gasteiger partial charge in [-0.25, -0.2) is 0 Å². The van der Waals surface area contributed by atoms with Gasteiger partial charge in [0.25, 0.3) is 0 Å². The second kappa shape index (κ2) is 4.84. The van der Waals surface area contributed by atoms with Gasteiger partial charge >= 0.3 is 0 Å². The standard InChI is InChI=1S/C12H24N2OS/c1-9-6-15-10(2)5-14(9)12(7-13)4-11(3)16-8-12/h9-11H,4-8,13H2,1-3H3. The number of hydrogen-bond acceptors (Lipinski definition) is 4. The Hall–Kier alpha value is 0.230. The molecule has 16 heavy (non-hydrogen) atoms. The topological polar surface area (TPSA) is 38.5 Å². The average Bonchev–Trinajstić information content (AvgIpc) is 2.65. The Bertz CT molecular complexity index is 251. The maximum atomic E-state index is 6.07. The number of morpholine rings is 1. The van der Waals surface area contributed by atoms with E-state index in [0.29, 0.717) is 12.1 Å². The third-order valence-electron chi connectivity index (χ3n) is 3.90. The van der Waals surface area contributed by atoms with E-state index in [1.807, 2.05) is 0 Å². The Morgan fingerprint density at radius 2 is 2.19 bits per heavy atom. The van der Waals surface area contributed by atoms with Crippen LogP contribution in [0.25, 0.3) is 0 Å². The van der Waals surface area contributed by atoms with Gasteiger partial charge in [-0.15, -0.1) is 0 Å². The van der Waals surface area contributed by atoms with E-state index in [4.69, 9.17) is 10.5 Å². The molecule has 0 aromatic carbocycles. The fourth-order valence-corrected chi connectivity index (χ4v) is 4.40. The third kappa shape index (κ3) is 2.26. The highest BCUT2D eigenvalue weighted by Crippen LogP contribution is 2.39. The fraction of sp³-hybridized carbons (Fsp3) is 1.00. The molecular formula is C12H24N2OS. The monoisotopic (exact) mass is 244 g/mol. The first kappa shape index (κ1) is 12.7. The van der Waals surface area contributed by atoms with Gasteiger partial charge in [0, 0.05) is 35.7 Å². The maximum Gasteiger partial charge on any atom is 0.0675 e. The number of nitrogens with zero attached hydrogens (tertiary/aromatic N) is 1.